The van der Waals surface area contributed by atoms with E-state index in [1.54, 1.807) is 0 Å². The summed E-state index contributed by atoms with van der Waals surface area (Å²) in [5, 5.41) is 3.20. The molecule has 0 bridgehead atoms. The molecule has 0 aliphatic rings. The van der Waals surface area contributed by atoms with Crippen molar-refractivity contribution in [3.8, 4) is 11.5 Å². The lowest BCUT2D eigenvalue weighted by molar-refractivity contribution is -0.143. The molecule has 2 rings (SSSR count). The van der Waals surface area contributed by atoms with Gasteiger partial charge in [-0.15, -0.1) is 0 Å². The third-order valence-corrected chi connectivity index (χ3v) is 4.10. The Morgan fingerprint density at radius 2 is 1.64 bits per heavy atom. The highest BCUT2D eigenvalue weighted by Gasteiger charge is 2.36. The molecule has 0 aliphatic heterocycles. The van der Waals surface area contributed by atoms with Crippen molar-refractivity contribution in [2.24, 2.45) is 5.11 Å². The summed E-state index contributed by atoms with van der Waals surface area (Å²) >= 11 is 0. The Balaban J connectivity index is 2.49. The highest BCUT2D eigenvalue weighted by molar-refractivity contribution is 5.93. The van der Waals surface area contributed by atoms with Crippen molar-refractivity contribution in [1.29, 1.82) is 0 Å². The summed E-state index contributed by atoms with van der Waals surface area (Å²) < 4.78 is 93.4. The molecule has 0 N–H and O–H groups in total. The summed E-state index contributed by atoms with van der Waals surface area (Å²) in [5.74, 6) is -0.817. The van der Waals surface area contributed by atoms with E-state index in [2.05, 4.69) is 14.8 Å². The zero-order chi connectivity index (χ0) is 24.8. The summed E-state index contributed by atoms with van der Waals surface area (Å²) in [6.45, 7) is -0.684. The van der Waals surface area contributed by atoms with E-state index in [1.807, 2.05) is 0 Å². The molecule has 0 heterocycles. The van der Waals surface area contributed by atoms with E-state index in [-0.39, 0.29) is 23.1 Å². The normalized spacial score (nSPS) is 12.1. The maximum Gasteiger partial charge on any atom is 0.416 e. The second-order valence-corrected chi connectivity index (χ2v) is 6.32. The molecule has 0 fully saturated rings. The number of carbonyl (C=O) groups is 1. The van der Waals surface area contributed by atoms with Crippen LogP contribution in [0.25, 0.3) is 16.5 Å². The molecule has 0 amide bonds. The van der Waals surface area contributed by atoms with E-state index in [1.165, 1.54) is 25.3 Å². The number of rotatable bonds is 7. The minimum atomic E-state index is -5.01. The van der Waals surface area contributed by atoms with Gasteiger partial charge < -0.3 is 14.2 Å². The fourth-order valence-corrected chi connectivity index (χ4v) is 2.58. The standard InChI is InChI=1S/C20H15F6N3O4/c1-31-15-4-3-12(7-16(28-29-27)18(30)32-2)17(9-15)33-10-11-5-13(19(21,22)23)8-14(6-11)20(24,25)26/h3-9H,10H2,1-2H3/b16-7-. The van der Waals surface area contributed by atoms with Gasteiger partial charge in [-0.3, -0.25) is 0 Å². The van der Waals surface area contributed by atoms with Crippen LogP contribution in [0.5, 0.6) is 11.5 Å². The van der Waals surface area contributed by atoms with Crippen LogP contribution in [0.2, 0.25) is 0 Å². The second kappa shape index (κ2) is 10.2. The zero-order valence-electron chi connectivity index (χ0n) is 17.0. The predicted molar refractivity (Wildman–Crippen MR) is 103 cm³/mol. The van der Waals surface area contributed by atoms with Gasteiger partial charge in [0, 0.05) is 16.5 Å². The van der Waals surface area contributed by atoms with Gasteiger partial charge in [0.2, 0.25) is 0 Å². The Bertz CT molecular complexity index is 1070. The number of esters is 1. The second-order valence-electron chi connectivity index (χ2n) is 6.32. The molecule has 7 nitrogen and oxygen atoms in total. The highest BCUT2D eigenvalue weighted by atomic mass is 19.4. The number of hydrogen-bond acceptors (Lipinski definition) is 5. The molecule has 0 spiro atoms. The van der Waals surface area contributed by atoms with E-state index in [4.69, 9.17) is 15.0 Å². The first-order chi connectivity index (χ1) is 15.4. The van der Waals surface area contributed by atoms with E-state index >= 15 is 0 Å². The molecule has 0 radical (unpaired) electrons. The lowest BCUT2D eigenvalue weighted by Gasteiger charge is -2.16. The van der Waals surface area contributed by atoms with Crippen LogP contribution in [-0.2, 0) is 28.5 Å². The topological polar surface area (TPSA) is 93.5 Å². The maximum atomic E-state index is 13.1. The van der Waals surface area contributed by atoms with Gasteiger partial charge in [0.15, 0.2) is 0 Å². The first-order valence-electron chi connectivity index (χ1n) is 8.83. The Kier molecular flexibility index (Phi) is 7.83. The van der Waals surface area contributed by atoms with E-state index in [0.29, 0.717) is 12.1 Å². The van der Waals surface area contributed by atoms with Crippen molar-refractivity contribution in [2.45, 2.75) is 19.0 Å². The van der Waals surface area contributed by atoms with Crippen LogP contribution in [0.3, 0.4) is 0 Å². The quantitative estimate of drug-likeness (QED) is 0.120. The molecule has 0 aliphatic carbocycles. The monoisotopic (exact) mass is 475 g/mol. The molecule has 0 saturated heterocycles. The maximum absolute atomic E-state index is 13.1. The van der Waals surface area contributed by atoms with Crippen LogP contribution in [0.1, 0.15) is 22.3 Å². The number of ether oxygens (including phenoxy) is 3. The number of alkyl halides is 6. The fourth-order valence-electron chi connectivity index (χ4n) is 2.58. The number of halogens is 6. The number of nitrogens with zero attached hydrogens (tertiary/aromatic N) is 3. The highest BCUT2D eigenvalue weighted by Crippen LogP contribution is 2.37. The lowest BCUT2D eigenvalue weighted by atomic mass is 10.1. The van der Waals surface area contributed by atoms with Gasteiger partial charge in [0.1, 0.15) is 23.8 Å². The minimum absolute atomic E-state index is 0.00570. The fraction of sp³-hybridized carbons (Fsp3) is 0.250. The molecule has 0 saturated carbocycles. The van der Waals surface area contributed by atoms with Crippen LogP contribution in [-0.4, -0.2) is 20.2 Å². The van der Waals surface area contributed by atoms with E-state index in [9.17, 15) is 31.1 Å². The zero-order valence-corrected chi connectivity index (χ0v) is 17.0. The summed E-state index contributed by atoms with van der Waals surface area (Å²) in [7, 11) is 2.36. The molecule has 0 atom stereocenters. The summed E-state index contributed by atoms with van der Waals surface area (Å²) in [6.07, 6.45) is -8.94. The van der Waals surface area contributed by atoms with Gasteiger partial charge in [0.25, 0.3) is 0 Å². The predicted octanol–water partition coefficient (Wildman–Crippen LogP) is 6.14. The number of benzene rings is 2. The third kappa shape index (κ3) is 6.81. The average Bonchev–Trinajstić information content (AvgIpc) is 2.76. The molecular weight excluding hydrogens is 460 g/mol. The molecule has 0 unspecified atom stereocenters. The number of azide groups is 1. The van der Waals surface area contributed by atoms with Crippen LogP contribution in [0.4, 0.5) is 26.3 Å². The van der Waals surface area contributed by atoms with Crippen molar-refractivity contribution in [3.05, 3.63) is 74.8 Å². The first-order valence-corrected chi connectivity index (χ1v) is 8.83. The van der Waals surface area contributed by atoms with Crippen molar-refractivity contribution in [2.75, 3.05) is 14.2 Å². The van der Waals surface area contributed by atoms with Gasteiger partial charge >= 0.3 is 18.3 Å². The van der Waals surface area contributed by atoms with Gasteiger partial charge in [-0.2, -0.15) is 26.3 Å². The van der Waals surface area contributed by atoms with Crippen molar-refractivity contribution >= 4 is 12.0 Å². The first kappa shape index (κ1) is 25.4. The Hall–Kier alpha value is -3.86. The molecule has 0 aromatic heterocycles. The van der Waals surface area contributed by atoms with Crippen LogP contribution >= 0.6 is 0 Å². The number of methoxy groups -OCH3 is 2. The van der Waals surface area contributed by atoms with E-state index < -0.39 is 47.3 Å². The van der Waals surface area contributed by atoms with Gasteiger partial charge in [0.05, 0.1) is 25.3 Å². The van der Waals surface area contributed by atoms with Crippen molar-refractivity contribution in [3.63, 3.8) is 0 Å². The summed E-state index contributed by atoms with van der Waals surface area (Å²) in [5.41, 5.74) is 4.89. The Morgan fingerprint density at radius 1 is 1.03 bits per heavy atom. The molecule has 13 heteroatoms. The van der Waals surface area contributed by atoms with E-state index in [0.717, 1.165) is 13.2 Å². The molecule has 33 heavy (non-hydrogen) atoms. The minimum Gasteiger partial charge on any atom is -0.497 e. The third-order valence-electron chi connectivity index (χ3n) is 4.10. The molecule has 2 aromatic rings. The molecule has 176 valence electrons. The Labute approximate surface area is 182 Å². The van der Waals surface area contributed by atoms with Crippen molar-refractivity contribution in [1.82, 2.24) is 0 Å². The molecular formula is C20H15F6N3O4. The van der Waals surface area contributed by atoms with Crippen LogP contribution in [0, 0.1) is 0 Å². The number of carbonyl (C=O) groups excluding carboxylic acids is 1. The van der Waals surface area contributed by atoms with Gasteiger partial charge in [-0.25, -0.2) is 4.79 Å². The van der Waals surface area contributed by atoms with Crippen LogP contribution in [0.15, 0.2) is 47.2 Å². The average molecular weight is 475 g/mol. The Morgan fingerprint density at radius 3 is 2.12 bits per heavy atom. The summed E-state index contributed by atoms with van der Waals surface area (Å²) in [4.78, 5) is 14.2. The molecule has 2 aromatic carbocycles. The van der Waals surface area contributed by atoms with Crippen molar-refractivity contribution < 1.29 is 45.3 Å². The largest absolute Gasteiger partial charge is 0.497 e. The lowest BCUT2D eigenvalue weighted by Crippen LogP contribution is -2.12. The van der Waals surface area contributed by atoms with Crippen LogP contribution < -0.4 is 9.47 Å². The van der Waals surface area contributed by atoms with Gasteiger partial charge in [-0.1, -0.05) is 5.11 Å². The SMILES string of the molecule is COC(=O)/C(=C/c1ccc(OC)cc1OCc1cc(C(F)(F)F)cc(C(F)(F)F)c1)N=[N+]=[N-]. The smallest absolute Gasteiger partial charge is 0.416 e. The van der Waals surface area contributed by atoms with Gasteiger partial charge in [-0.05, 0) is 47.5 Å². The number of hydrogen-bond donors (Lipinski definition) is 0. The summed E-state index contributed by atoms with van der Waals surface area (Å²) in [6, 6.07) is 5.17.